The molecule has 0 fully saturated rings. The summed E-state index contributed by atoms with van der Waals surface area (Å²) in [7, 11) is 0. The number of thiazole rings is 1. The Kier molecular flexibility index (Phi) is 4.81. The maximum atomic E-state index is 11.8. The van der Waals surface area contributed by atoms with Crippen LogP contribution in [0.4, 0.5) is 5.13 Å². The van der Waals surface area contributed by atoms with Gasteiger partial charge in [-0.1, -0.05) is 52.7 Å². The van der Waals surface area contributed by atoms with E-state index in [-0.39, 0.29) is 10.7 Å². The van der Waals surface area contributed by atoms with E-state index in [1.165, 1.54) is 11.3 Å². The van der Waals surface area contributed by atoms with Gasteiger partial charge in [0.2, 0.25) is 5.91 Å². The molecule has 1 aromatic carbocycles. The van der Waals surface area contributed by atoms with Crippen molar-refractivity contribution in [1.29, 1.82) is 0 Å². The van der Waals surface area contributed by atoms with E-state index in [0.29, 0.717) is 10.2 Å². The summed E-state index contributed by atoms with van der Waals surface area (Å²) in [4.78, 5) is 16.1. The molecule has 1 amide bonds. The molecule has 3 nitrogen and oxygen atoms in total. The molecule has 1 atom stereocenters. The minimum absolute atomic E-state index is 0.0642. The highest BCUT2D eigenvalue weighted by Gasteiger charge is 2.15. The number of alkyl halides is 1. The number of nitrogens with one attached hydrogen (secondary N) is 1. The van der Waals surface area contributed by atoms with E-state index in [1.54, 1.807) is 0 Å². The van der Waals surface area contributed by atoms with Gasteiger partial charge in [0.1, 0.15) is 0 Å². The van der Waals surface area contributed by atoms with E-state index in [4.69, 9.17) is 11.6 Å². The maximum Gasteiger partial charge on any atom is 0.239 e. The van der Waals surface area contributed by atoms with E-state index >= 15 is 0 Å². The molecule has 0 saturated heterocycles. The summed E-state index contributed by atoms with van der Waals surface area (Å²) in [5, 5.41) is 4.16. The van der Waals surface area contributed by atoms with Gasteiger partial charge in [0.05, 0.1) is 15.0 Å². The van der Waals surface area contributed by atoms with Gasteiger partial charge in [0.15, 0.2) is 5.13 Å². The second-order valence-corrected chi connectivity index (χ2v) is 6.72. The third kappa shape index (κ3) is 3.27. The molecular formula is C13H14BrClN2OS. The maximum absolute atomic E-state index is 11.8. The van der Waals surface area contributed by atoms with Crippen molar-refractivity contribution >= 4 is 60.1 Å². The summed E-state index contributed by atoms with van der Waals surface area (Å²) in [6.45, 7) is 4.01. The Bertz CT molecular complexity index is 614. The molecule has 2 aromatic rings. The quantitative estimate of drug-likeness (QED) is 0.807. The molecule has 19 heavy (non-hydrogen) atoms. The number of carbonyl (C=O) groups excluding carboxylic acids is 1. The Morgan fingerprint density at radius 2 is 2.26 bits per heavy atom. The predicted octanol–water partition coefficient (Wildman–Crippen LogP) is 4.62. The first-order valence-corrected chi connectivity index (χ1v) is 8.20. The van der Waals surface area contributed by atoms with Crippen molar-refractivity contribution in [2.24, 2.45) is 0 Å². The van der Waals surface area contributed by atoms with E-state index in [1.807, 2.05) is 19.1 Å². The molecule has 0 aliphatic heterocycles. The van der Waals surface area contributed by atoms with Crippen LogP contribution in [0.3, 0.4) is 0 Å². The number of fused-ring (bicyclic) bond motifs is 1. The summed E-state index contributed by atoms with van der Waals surface area (Å²) >= 11 is 10.9. The smallest absolute Gasteiger partial charge is 0.239 e. The highest BCUT2D eigenvalue weighted by atomic mass is 79.9. The number of rotatable bonds is 4. The number of halogens is 2. The molecule has 102 valence electrons. The number of benzene rings is 1. The number of amides is 1. The van der Waals surface area contributed by atoms with E-state index in [0.717, 1.165) is 28.6 Å². The Hall–Kier alpha value is -0.650. The van der Waals surface area contributed by atoms with Crippen LogP contribution in [0.2, 0.25) is 5.02 Å². The van der Waals surface area contributed by atoms with Gasteiger partial charge in [-0.05, 0) is 30.5 Å². The second-order valence-electron chi connectivity index (χ2n) is 4.15. The lowest BCUT2D eigenvalue weighted by molar-refractivity contribution is -0.115. The van der Waals surface area contributed by atoms with E-state index < -0.39 is 0 Å². The molecule has 2 rings (SSSR count). The number of anilines is 1. The zero-order valence-corrected chi connectivity index (χ0v) is 13.8. The van der Waals surface area contributed by atoms with Crippen molar-refractivity contribution < 1.29 is 4.79 Å². The van der Waals surface area contributed by atoms with Crippen LogP contribution in [0.25, 0.3) is 10.2 Å². The average Bonchev–Trinajstić information content (AvgIpc) is 2.78. The number of carbonyl (C=O) groups is 1. The standard InChI is InChI=1S/C13H14BrClN2OS/c1-3-7-5-8(15)6-10-11(7)16-13(19-10)17-12(18)9(14)4-2/h5-6,9H,3-4H2,1-2H3,(H,16,17,18). The van der Waals surface area contributed by atoms with Crippen LogP contribution in [0.5, 0.6) is 0 Å². The van der Waals surface area contributed by atoms with Crippen LogP contribution in [0.1, 0.15) is 25.8 Å². The minimum Gasteiger partial charge on any atom is -0.301 e. The molecule has 0 radical (unpaired) electrons. The fourth-order valence-electron chi connectivity index (χ4n) is 1.75. The van der Waals surface area contributed by atoms with Crippen molar-refractivity contribution in [3.8, 4) is 0 Å². The molecular weight excluding hydrogens is 348 g/mol. The fourth-order valence-corrected chi connectivity index (χ4v) is 3.13. The average molecular weight is 362 g/mol. The molecule has 0 aliphatic carbocycles. The summed E-state index contributed by atoms with van der Waals surface area (Å²) in [6, 6.07) is 3.81. The Balaban J connectivity index is 2.34. The third-order valence-electron chi connectivity index (χ3n) is 2.79. The number of hydrogen-bond donors (Lipinski definition) is 1. The predicted molar refractivity (Wildman–Crippen MR) is 85.6 cm³/mol. The van der Waals surface area contributed by atoms with Gasteiger partial charge in [0, 0.05) is 5.02 Å². The molecule has 1 aromatic heterocycles. The lowest BCUT2D eigenvalue weighted by Gasteiger charge is -2.04. The molecule has 0 bridgehead atoms. The zero-order chi connectivity index (χ0) is 14.0. The van der Waals surface area contributed by atoms with Crippen LogP contribution in [0.15, 0.2) is 12.1 Å². The Morgan fingerprint density at radius 1 is 1.53 bits per heavy atom. The van der Waals surface area contributed by atoms with Crippen molar-refractivity contribution in [3.63, 3.8) is 0 Å². The van der Waals surface area contributed by atoms with Gasteiger partial charge >= 0.3 is 0 Å². The van der Waals surface area contributed by atoms with E-state index in [2.05, 4.69) is 33.2 Å². The first-order chi connectivity index (χ1) is 9.05. The number of aromatic nitrogens is 1. The van der Waals surface area contributed by atoms with Crippen LogP contribution >= 0.6 is 38.9 Å². The van der Waals surface area contributed by atoms with Gasteiger partial charge in [-0.2, -0.15) is 0 Å². The number of hydrogen-bond acceptors (Lipinski definition) is 3. The third-order valence-corrected chi connectivity index (χ3v) is 4.99. The molecule has 0 aliphatic rings. The van der Waals surface area contributed by atoms with Crippen LogP contribution in [-0.2, 0) is 11.2 Å². The van der Waals surface area contributed by atoms with Crippen molar-refractivity contribution in [1.82, 2.24) is 4.98 Å². The SMILES string of the molecule is CCc1cc(Cl)cc2sc(NC(=O)C(Br)CC)nc12. The summed E-state index contributed by atoms with van der Waals surface area (Å²) in [6.07, 6.45) is 1.60. The molecule has 1 heterocycles. The van der Waals surface area contributed by atoms with Crippen LogP contribution in [-0.4, -0.2) is 15.7 Å². The highest BCUT2D eigenvalue weighted by Crippen LogP contribution is 2.31. The zero-order valence-electron chi connectivity index (χ0n) is 10.7. The van der Waals surface area contributed by atoms with Gasteiger partial charge < -0.3 is 5.32 Å². The molecule has 0 saturated carbocycles. The lowest BCUT2D eigenvalue weighted by atomic mass is 10.1. The van der Waals surface area contributed by atoms with Gasteiger partial charge in [-0.15, -0.1) is 0 Å². The number of aryl methyl sites for hydroxylation is 1. The monoisotopic (exact) mass is 360 g/mol. The summed E-state index contributed by atoms with van der Waals surface area (Å²) in [5.41, 5.74) is 2.03. The van der Waals surface area contributed by atoms with Crippen molar-refractivity contribution in [2.75, 3.05) is 5.32 Å². The molecule has 0 spiro atoms. The first-order valence-electron chi connectivity index (χ1n) is 6.09. The number of nitrogens with zero attached hydrogens (tertiary/aromatic N) is 1. The normalized spacial score (nSPS) is 12.6. The summed E-state index contributed by atoms with van der Waals surface area (Å²) < 4.78 is 1.00. The topological polar surface area (TPSA) is 42.0 Å². The largest absolute Gasteiger partial charge is 0.301 e. The molecule has 1 unspecified atom stereocenters. The van der Waals surface area contributed by atoms with Crippen LogP contribution in [0, 0.1) is 0 Å². The van der Waals surface area contributed by atoms with Crippen molar-refractivity contribution in [2.45, 2.75) is 31.5 Å². The molecule has 1 N–H and O–H groups in total. The Morgan fingerprint density at radius 3 is 2.89 bits per heavy atom. The van der Waals surface area contributed by atoms with Gasteiger partial charge in [-0.25, -0.2) is 4.98 Å². The van der Waals surface area contributed by atoms with Crippen molar-refractivity contribution in [3.05, 3.63) is 22.7 Å². The summed E-state index contributed by atoms with van der Waals surface area (Å²) in [5.74, 6) is -0.0642. The van der Waals surface area contributed by atoms with Gasteiger partial charge in [-0.3, -0.25) is 4.79 Å². The van der Waals surface area contributed by atoms with E-state index in [9.17, 15) is 4.79 Å². The lowest BCUT2D eigenvalue weighted by Crippen LogP contribution is -2.21. The van der Waals surface area contributed by atoms with Gasteiger partial charge in [0.25, 0.3) is 0 Å². The fraction of sp³-hybridized carbons (Fsp3) is 0.385. The second kappa shape index (κ2) is 6.20. The molecule has 6 heteroatoms. The Labute approximate surface area is 129 Å². The first kappa shape index (κ1) is 14.8. The minimum atomic E-state index is -0.186. The van der Waals surface area contributed by atoms with Crippen LogP contribution < -0.4 is 5.32 Å². The highest BCUT2D eigenvalue weighted by molar-refractivity contribution is 9.10.